The van der Waals surface area contributed by atoms with E-state index in [0.717, 1.165) is 17.1 Å². The van der Waals surface area contributed by atoms with Gasteiger partial charge in [0.05, 0.1) is 10.6 Å². The van der Waals surface area contributed by atoms with Gasteiger partial charge >= 0.3 is 5.97 Å². The molecule has 0 unspecified atom stereocenters. The predicted molar refractivity (Wildman–Crippen MR) is 68.4 cm³/mol. The summed E-state index contributed by atoms with van der Waals surface area (Å²) in [6, 6.07) is 8.81. The molecule has 4 nitrogen and oxygen atoms in total. The van der Waals surface area contributed by atoms with Crippen molar-refractivity contribution in [3.8, 4) is 5.75 Å². The minimum Gasteiger partial charge on any atom is -0.506 e. The van der Waals surface area contributed by atoms with Crippen molar-refractivity contribution in [1.82, 2.24) is 0 Å². The van der Waals surface area contributed by atoms with E-state index in [1.807, 2.05) is 12.1 Å². The number of anilines is 1. The van der Waals surface area contributed by atoms with Crippen LogP contribution in [0.25, 0.3) is 10.8 Å². The van der Waals surface area contributed by atoms with Crippen LogP contribution in [0.2, 0.25) is 0 Å². The fourth-order valence-corrected chi connectivity index (χ4v) is 2.35. The zero-order chi connectivity index (χ0) is 12.4. The molecule has 0 aliphatic carbocycles. The van der Waals surface area contributed by atoms with Crippen molar-refractivity contribution in [2.75, 3.05) is 11.5 Å². The molecular formula is C12H11NO3S. The van der Waals surface area contributed by atoms with Crippen LogP contribution in [0.3, 0.4) is 0 Å². The van der Waals surface area contributed by atoms with Crippen molar-refractivity contribution >= 4 is 34.2 Å². The number of benzene rings is 2. The summed E-state index contributed by atoms with van der Waals surface area (Å²) in [4.78, 5) is 11.0. The van der Waals surface area contributed by atoms with Crippen molar-refractivity contribution in [1.29, 1.82) is 0 Å². The molecule has 2 aromatic carbocycles. The van der Waals surface area contributed by atoms with E-state index in [1.165, 1.54) is 0 Å². The second-order valence-electron chi connectivity index (χ2n) is 3.54. The van der Waals surface area contributed by atoms with Gasteiger partial charge < -0.3 is 15.9 Å². The van der Waals surface area contributed by atoms with Gasteiger partial charge in [0.15, 0.2) is 0 Å². The maximum absolute atomic E-state index is 10.5. The van der Waals surface area contributed by atoms with Gasteiger partial charge in [-0.3, -0.25) is 4.79 Å². The van der Waals surface area contributed by atoms with Gasteiger partial charge in [-0.2, -0.15) is 0 Å². The normalized spacial score (nSPS) is 10.6. The summed E-state index contributed by atoms with van der Waals surface area (Å²) in [5, 5.41) is 20.0. The van der Waals surface area contributed by atoms with Crippen molar-refractivity contribution < 1.29 is 15.0 Å². The smallest absolute Gasteiger partial charge is 0.313 e. The van der Waals surface area contributed by atoms with Crippen LogP contribution in [0.15, 0.2) is 35.2 Å². The second kappa shape index (κ2) is 4.55. The number of thioether (sulfide) groups is 1. The first-order valence-electron chi connectivity index (χ1n) is 4.94. The molecule has 0 heterocycles. The summed E-state index contributed by atoms with van der Waals surface area (Å²) in [5.74, 6) is -0.951. The third-order valence-electron chi connectivity index (χ3n) is 2.36. The zero-order valence-electron chi connectivity index (χ0n) is 8.88. The van der Waals surface area contributed by atoms with Gasteiger partial charge in [0.25, 0.3) is 0 Å². The number of rotatable bonds is 3. The molecule has 0 aromatic heterocycles. The molecule has 4 N–H and O–H groups in total. The van der Waals surface area contributed by atoms with E-state index < -0.39 is 5.97 Å². The Morgan fingerprint density at radius 1 is 1.29 bits per heavy atom. The summed E-state index contributed by atoms with van der Waals surface area (Å²) >= 11 is 1.05. The Morgan fingerprint density at radius 2 is 1.94 bits per heavy atom. The summed E-state index contributed by atoms with van der Waals surface area (Å²) in [6.45, 7) is 0. The lowest BCUT2D eigenvalue weighted by atomic mass is 10.1. The van der Waals surface area contributed by atoms with E-state index >= 15 is 0 Å². The molecular weight excluding hydrogens is 238 g/mol. The molecule has 2 rings (SSSR count). The minimum atomic E-state index is -0.930. The first-order valence-corrected chi connectivity index (χ1v) is 5.93. The number of carboxylic acid groups (broad SMARTS) is 1. The first-order chi connectivity index (χ1) is 8.09. The number of carbonyl (C=O) groups is 1. The number of phenols is 1. The van der Waals surface area contributed by atoms with E-state index in [-0.39, 0.29) is 11.5 Å². The average molecular weight is 249 g/mol. The van der Waals surface area contributed by atoms with Gasteiger partial charge in [-0.1, -0.05) is 24.3 Å². The highest BCUT2D eigenvalue weighted by Crippen LogP contribution is 2.38. The molecule has 88 valence electrons. The number of hydrogen-bond acceptors (Lipinski definition) is 4. The van der Waals surface area contributed by atoms with E-state index in [0.29, 0.717) is 16.0 Å². The number of hydrogen-bond donors (Lipinski definition) is 3. The first kappa shape index (κ1) is 11.6. The van der Waals surface area contributed by atoms with E-state index in [1.54, 1.807) is 18.2 Å². The Balaban J connectivity index is 2.51. The average Bonchev–Trinajstić information content (AvgIpc) is 2.32. The maximum atomic E-state index is 10.5. The Kier molecular flexibility index (Phi) is 3.10. The number of nitrogen functional groups attached to an aromatic ring is 1. The van der Waals surface area contributed by atoms with Gasteiger partial charge in [-0.15, -0.1) is 11.8 Å². The molecule has 0 spiro atoms. The summed E-state index contributed by atoms with van der Waals surface area (Å²) in [6.07, 6.45) is 0. The molecule has 5 heteroatoms. The Morgan fingerprint density at radius 3 is 2.59 bits per heavy atom. The lowest BCUT2D eigenvalue weighted by molar-refractivity contribution is -0.133. The van der Waals surface area contributed by atoms with Gasteiger partial charge in [0.2, 0.25) is 0 Å². The highest BCUT2D eigenvalue weighted by Gasteiger charge is 2.11. The van der Waals surface area contributed by atoms with Gasteiger partial charge in [0.1, 0.15) is 5.75 Å². The molecule has 0 bridgehead atoms. The van der Waals surface area contributed by atoms with Crippen molar-refractivity contribution in [2.24, 2.45) is 0 Å². The highest BCUT2D eigenvalue weighted by atomic mass is 32.2. The Labute approximate surface area is 102 Å². The molecule has 0 aliphatic rings. The fraction of sp³-hybridized carbons (Fsp3) is 0.0833. The van der Waals surface area contributed by atoms with Crippen LogP contribution in [0, 0.1) is 0 Å². The largest absolute Gasteiger partial charge is 0.506 e. The summed E-state index contributed by atoms with van der Waals surface area (Å²) < 4.78 is 0. The van der Waals surface area contributed by atoms with Crippen LogP contribution >= 0.6 is 11.8 Å². The van der Waals surface area contributed by atoms with Gasteiger partial charge in [-0.05, 0) is 6.07 Å². The van der Waals surface area contributed by atoms with Crippen molar-refractivity contribution in [3.05, 3.63) is 30.3 Å². The quantitative estimate of drug-likeness (QED) is 0.441. The number of phenolic OH excluding ortho intramolecular Hbond substituents is 1. The molecule has 0 aliphatic heterocycles. The van der Waals surface area contributed by atoms with Gasteiger partial charge in [0, 0.05) is 16.5 Å². The fourth-order valence-electron chi connectivity index (χ4n) is 1.61. The number of fused-ring (bicyclic) bond motifs is 1. The highest BCUT2D eigenvalue weighted by molar-refractivity contribution is 8.00. The summed E-state index contributed by atoms with van der Waals surface area (Å²) in [7, 11) is 0. The third-order valence-corrected chi connectivity index (χ3v) is 3.38. The second-order valence-corrected chi connectivity index (χ2v) is 4.56. The number of aromatic hydroxyl groups is 1. The Bertz CT molecular complexity index is 583. The van der Waals surface area contributed by atoms with E-state index in [9.17, 15) is 9.90 Å². The lowest BCUT2D eigenvalue weighted by Gasteiger charge is -2.09. The van der Waals surface area contributed by atoms with Crippen LogP contribution in [0.1, 0.15) is 0 Å². The predicted octanol–water partition coefficient (Wildman–Crippen LogP) is 2.30. The number of nitrogens with two attached hydrogens (primary N) is 1. The molecule has 0 saturated heterocycles. The summed E-state index contributed by atoms with van der Waals surface area (Å²) in [5.41, 5.74) is 6.39. The number of aliphatic carboxylic acids is 1. The van der Waals surface area contributed by atoms with E-state index in [2.05, 4.69) is 0 Å². The maximum Gasteiger partial charge on any atom is 0.313 e. The number of carboxylic acids is 1. The van der Waals surface area contributed by atoms with Crippen LogP contribution in [0.5, 0.6) is 5.75 Å². The van der Waals surface area contributed by atoms with E-state index in [4.69, 9.17) is 10.8 Å². The monoisotopic (exact) mass is 249 g/mol. The van der Waals surface area contributed by atoms with Gasteiger partial charge in [-0.25, -0.2) is 0 Å². The van der Waals surface area contributed by atoms with Crippen LogP contribution < -0.4 is 5.73 Å². The lowest BCUT2D eigenvalue weighted by Crippen LogP contribution is -1.98. The zero-order valence-corrected chi connectivity index (χ0v) is 9.70. The molecule has 0 atom stereocenters. The van der Waals surface area contributed by atoms with Crippen LogP contribution in [-0.2, 0) is 4.79 Å². The molecule has 2 aromatic rings. The molecule has 0 radical (unpaired) electrons. The topological polar surface area (TPSA) is 83.6 Å². The molecule has 0 saturated carbocycles. The SMILES string of the molecule is Nc1cc(SCC(=O)O)c(O)c2ccccc12. The van der Waals surface area contributed by atoms with Crippen LogP contribution in [-0.4, -0.2) is 21.9 Å². The van der Waals surface area contributed by atoms with Crippen LogP contribution in [0.4, 0.5) is 5.69 Å². The third kappa shape index (κ3) is 2.29. The Hall–Kier alpha value is -1.88. The molecule has 17 heavy (non-hydrogen) atoms. The molecule has 0 amide bonds. The minimum absolute atomic E-state index is 0.0843. The van der Waals surface area contributed by atoms with Crippen molar-refractivity contribution in [3.63, 3.8) is 0 Å². The standard InChI is InChI=1S/C12H11NO3S/c13-9-5-10(17-6-11(14)15)12(16)8-4-2-1-3-7(8)9/h1-5,16H,6,13H2,(H,14,15). The molecule has 0 fully saturated rings. The van der Waals surface area contributed by atoms with Crippen molar-refractivity contribution in [2.45, 2.75) is 4.90 Å².